The van der Waals surface area contributed by atoms with Gasteiger partial charge in [-0.3, -0.25) is 0 Å². The van der Waals surface area contributed by atoms with E-state index in [1.807, 2.05) is 0 Å². The van der Waals surface area contributed by atoms with Gasteiger partial charge in [0, 0.05) is 12.5 Å². The molecular weight excluding hydrogens is 198 g/mol. The van der Waals surface area contributed by atoms with Crippen molar-refractivity contribution in [1.82, 2.24) is 0 Å². The van der Waals surface area contributed by atoms with Gasteiger partial charge in [-0.2, -0.15) is 0 Å². The van der Waals surface area contributed by atoms with Gasteiger partial charge < -0.3 is 10.5 Å². The zero-order chi connectivity index (χ0) is 11.5. The van der Waals surface area contributed by atoms with E-state index in [9.17, 15) is 0 Å². The summed E-state index contributed by atoms with van der Waals surface area (Å²) in [5.74, 6) is 1.06. The molecule has 2 atom stereocenters. The van der Waals surface area contributed by atoms with Gasteiger partial charge in [0.2, 0.25) is 0 Å². The zero-order valence-corrected chi connectivity index (χ0v) is 10.2. The Morgan fingerprint density at radius 3 is 2.88 bits per heavy atom. The van der Waals surface area contributed by atoms with Crippen LogP contribution in [0.15, 0.2) is 18.2 Å². The van der Waals surface area contributed by atoms with E-state index in [1.165, 1.54) is 16.7 Å². The lowest BCUT2D eigenvalue weighted by molar-refractivity contribution is 0.181. The first-order chi connectivity index (χ1) is 7.72. The van der Waals surface area contributed by atoms with Crippen molar-refractivity contribution in [2.45, 2.75) is 26.2 Å². The van der Waals surface area contributed by atoms with Crippen LogP contribution in [0.4, 0.5) is 0 Å². The molecule has 2 heteroatoms. The van der Waals surface area contributed by atoms with E-state index in [0.717, 1.165) is 26.2 Å². The fourth-order valence-corrected chi connectivity index (χ4v) is 2.60. The van der Waals surface area contributed by atoms with Crippen LogP contribution in [0.5, 0.6) is 0 Å². The average Bonchev–Trinajstić information content (AvgIpc) is 2.78. The Labute approximate surface area is 97.8 Å². The highest BCUT2D eigenvalue weighted by Gasteiger charge is 2.26. The van der Waals surface area contributed by atoms with Crippen molar-refractivity contribution < 1.29 is 4.74 Å². The van der Waals surface area contributed by atoms with Crippen LogP contribution in [-0.2, 0) is 4.74 Å². The summed E-state index contributed by atoms with van der Waals surface area (Å²) in [7, 11) is 0. The Morgan fingerprint density at radius 2 is 2.25 bits per heavy atom. The molecule has 16 heavy (non-hydrogen) atoms. The van der Waals surface area contributed by atoms with Crippen molar-refractivity contribution in [3.8, 4) is 0 Å². The van der Waals surface area contributed by atoms with Crippen LogP contribution in [0, 0.1) is 19.8 Å². The summed E-state index contributed by atoms with van der Waals surface area (Å²) in [5, 5.41) is 0. The fourth-order valence-electron chi connectivity index (χ4n) is 2.60. The van der Waals surface area contributed by atoms with Gasteiger partial charge in [-0.25, -0.2) is 0 Å². The number of hydrogen-bond donors (Lipinski definition) is 1. The number of benzene rings is 1. The summed E-state index contributed by atoms with van der Waals surface area (Å²) >= 11 is 0. The SMILES string of the molecule is Cc1ccc(C)c(C(CN)C2CCOC2)c1. The number of hydrogen-bond acceptors (Lipinski definition) is 2. The molecule has 1 aromatic rings. The van der Waals surface area contributed by atoms with Gasteiger partial charge in [0.15, 0.2) is 0 Å². The molecule has 1 saturated heterocycles. The normalized spacial score (nSPS) is 22.3. The molecule has 1 aliphatic heterocycles. The molecule has 1 aliphatic rings. The first kappa shape index (κ1) is 11.6. The first-order valence-electron chi connectivity index (χ1n) is 6.07. The predicted octanol–water partition coefficient (Wildman–Crippen LogP) is 2.38. The molecular formula is C14H21NO. The maximum atomic E-state index is 5.95. The molecule has 1 aromatic carbocycles. The van der Waals surface area contributed by atoms with Crippen molar-refractivity contribution in [3.05, 3.63) is 34.9 Å². The Hall–Kier alpha value is -0.860. The van der Waals surface area contributed by atoms with Crippen LogP contribution in [-0.4, -0.2) is 19.8 Å². The van der Waals surface area contributed by atoms with Gasteiger partial charge in [0.1, 0.15) is 0 Å². The van der Waals surface area contributed by atoms with Gasteiger partial charge in [0.05, 0.1) is 6.61 Å². The van der Waals surface area contributed by atoms with E-state index < -0.39 is 0 Å². The van der Waals surface area contributed by atoms with Crippen molar-refractivity contribution in [2.75, 3.05) is 19.8 Å². The topological polar surface area (TPSA) is 35.2 Å². The highest BCUT2D eigenvalue weighted by atomic mass is 16.5. The molecule has 0 radical (unpaired) electrons. The highest BCUT2D eigenvalue weighted by Crippen LogP contribution is 2.32. The molecule has 88 valence electrons. The first-order valence-corrected chi connectivity index (χ1v) is 6.07. The van der Waals surface area contributed by atoms with Crippen molar-refractivity contribution in [1.29, 1.82) is 0 Å². The summed E-state index contributed by atoms with van der Waals surface area (Å²) in [6.45, 7) is 6.80. The molecule has 0 aliphatic carbocycles. The second-order valence-electron chi connectivity index (χ2n) is 4.83. The Kier molecular flexibility index (Phi) is 3.62. The molecule has 2 N–H and O–H groups in total. The van der Waals surface area contributed by atoms with E-state index >= 15 is 0 Å². The van der Waals surface area contributed by atoms with Gasteiger partial charge in [0.25, 0.3) is 0 Å². The maximum absolute atomic E-state index is 5.95. The van der Waals surface area contributed by atoms with Gasteiger partial charge in [-0.15, -0.1) is 0 Å². The van der Waals surface area contributed by atoms with Crippen LogP contribution < -0.4 is 5.73 Å². The van der Waals surface area contributed by atoms with Crippen LogP contribution in [0.1, 0.15) is 29.0 Å². The zero-order valence-electron chi connectivity index (χ0n) is 10.2. The van der Waals surface area contributed by atoms with E-state index in [0.29, 0.717) is 11.8 Å². The number of nitrogens with two attached hydrogens (primary N) is 1. The lowest BCUT2D eigenvalue weighted by atomic mass is 9.83. The minimum absolute atomic E-state index is 0.461. The van der Waals surface area contributed by atoms with Gasteiger partial charge >= 0.3 is 0 Å². The summed E-state index contributed by atoms with van der Waals surface area (Å²) < 4.78 is 5.48. The molecule has 2 nitrogen and oxygen atoms in total. The number of aryl methyl sites for hydroxylation is 2. The fraction of sp³-hybridized carbons (Fsp3) is 0.571. The molecule has 1 heterocycles. The monoisotopic (exact) mass is 219 g/mol. The standard InChI is InChI=1S/C14H21NO/c1-10-3-4-11(2)13(7-10)14(8-15)12-5-6-16-9-12/h3-4,7,12,14H,5-6,8-9,15H2,1-2H3. The minimum atomic E-state index is 0.461. The maximum Gasteiger partial charge on any atom is 0.0501 e. The van der Waals surface area contributed by atoms with Crippen LogP contribution in [0.3, 0.4) is 0 Å². The van der Waals surface area contributed by atoms with Crippen molar-refractivity contribution in [3.63, 3.8) is 0 Å². The second kappa shape index (κ2) is 4.98. The number of rotatable bonds is 3. The van der Waals surface area contributed by atoms with E-state index in [4.69, 9.17) is 10.5 Å². The number of ether oxygens (including phenoxy) is 1. The molecule has 1 fully saturated rings. The third-order valence-electron chi connectivity index (χ3n) is 3.62. The third kappa shape index (κ3) is 2.28. The lowest BCUT2D eigenvalue weighted by Gasteiger charge is -2.23. The molecule has 2 rings (SSSR count). The largest absolute Gasteiger partial charge is 0.381 e. The molecule has 0 aromatic heterocycles. The Morgan fingerprint density at radius 1 is 1.44 bits per heavy atom. The molecule has 0 bridgehead atoms. The van der Waals surface area contributed by atoms with E-state index in [1.54, 1.807) is 0 Å². The predicted molar refractivity (Wildman–Crippen MR) is 66.6 cm³/mol. The lowest BCUT2D eigenvalue weighted by Crippen LogP contribution is -2.22. The van der Waals surface area contributed by atoms with Gasteiger partial charge in [-0.1, -0.05) is 23.8 Å². The third-order valence-corrected chi connectivity index (χ3v) is 3.62. The van der Waals surface area contributed by atoms with Crippen LogP contribution >= 0.6 is 0 Å². The summed E-state index contributed by atoms with van der Waals surface area (Å²) in [6.07, 6.45) is 1.15. The summed E-state index contributed by atoms with van der Waals surface area (Å²) in [4.78, 5) is 0. The highest BCUT2D eigenvalue weighted by molar-refractivity contribution is 5.34. The van der Waals surface area contributed by atoms with Crippen LogP contribution in [0.25, 0.3) is 0 Å². The quantitative estimate of drug-likeness (QED) is 0.847. The van der Waals surface area contributed by atoms with Crippen molar-refractivity contribution in [2.24, 2.45) is 11.7 Å². The summed E-state index contributed by atoms with van der Waals surface area (Å²) in [5.41, 5.74) is 10.0. The van der Waals surface area contributed by atoms with Crippen LogP contribution in [0.2, 0.25) is 0 Å². The molecule has 2 unspecified atom stereocenters. The second-order valence-corrected chi connectivity index (χ2v) is 4.83. The van der Waals surface area contributed by atoms with Crippen molar-refractivity contribution >= 4 is 0 Å². The molecule has 0 amide bonds. The Balaban J connectivity index is 2.28. The van der Waals surface area contributed by atoms with Gasteiger partial charge in [-0.05, 0) is 43.9 Å². The molecule has 0 spiro atoms. The minimum Gasteiger partial charge on any atom is -0.381 e. The van der Waals surface area contributed by atoms with E-state index in [2.05, 4.69) is 32.0 Å². The molecule has 0 saturated carbocycles. The smallest absolute Gasteiger partial charge is 0.0501 e. The average molecular weight is 219 g/mol. The van der Waals surface area contributed by atoms with E-state index in [-0.39, 0.29) is 0 Å². The Bertz CT molecular complexity index is 356. The summed E-state index contributed by atoms with van der Waals surface area (Å²) in [6, 6.07) is 6.64.